The van der Waals surface area contributed by atoms with E-state index < -0.39 is 10.0 Å². The molecule has 0 unspecified atom stereocenters. The summed E-state index contributed by atoms with van der Waals surface area (Å²) in [4.78, 5) is 0. The first-order valence-electron chi connectivity index (χ1n) is 5.00. The van der Waals surface area contributed by atoms with Gasteiger partial charge in [0.25, 0.3) is 15.2 Å². The third kappa shape index (κ3) is 2.20. The Balaban J connectivity index is 2.55. The molecule has 0 aliphatic carbocycles. The molecule has 18 heavy (non-hydrogen) atoms. The van der Waals surface area contributed by atoms with Crippen molar-refractivity contribution in [3.05, 3.63) is 24.3 Å². The highest BCUT2D eigenvalue weighted by molar-refractivity contribution is 7.89. The second kappa shape index (κ2) is 4.39. The van der Waals surface area contributed by atoms with E-state index >= 15 is 0 Å². The summed E-state index contributed by atoms with van der Waals surface area (Å²) in [6.45, 7) is 0. The Morgan fingerprint density at radius 2 is 2.06 bits per heavy atom. The molecule has 2 rings (SSSR count). The molecular formula is C10H12N4O3S. The number of sulfonamides is 1. The van der Waals surface area contributed by atoms with Gasteiger partial charge in [-0.05, 0) is 12.1 Å². The van der Waals surface area contributed by atoms with Crippen LogP contribution in [0.5, 0.6) is 5.75 Å². The Hall–Kier alpha value is -1.93. The second-order valence-electron chi connectivity index (χ2n) is 3.64. The van der Waals surface area contributed by atoms with Gasteiger partial charge in [0, 0.05) is 12.6 Å². The first-order chi connectivity index (χ1) is 8.43. The van der Waals surface area contributed by atoms with Crippen LogP contribution in [0.2, 0.25) is 0 Å². The van der Waals surface area contributed by atoms with Crippen LogP contribution in [0.4, 0.5) is 0 Å². The van der Waals surface area contributed by atoms with Gasteiger partial charge in [-0.25, -0.2) is 13.6 Å². The van der Waals surface area contributed by atoms with E-state index in [4.69, 9.17) is 9.88 Å². The minimum absolute atomic E-state index is 0.277. The average molecular weight is 268 g/mol. The fraction of sp³-hybridized carbons (Fsp3) is 0.200. The Labute approximate surface area is 104 Å². The maximum Gasteiger partial charge on any atom is 0.273 e. The molecule has 0 saturated carbocycles. The number of rotatable bonds is 3. The van der Waals surface area contributed by atoms with Crippen LogP contribution in [-0.4, -0.2) is 30.3 Å². The molecule has 1 aromatic carbocycles. The Bertz CT molecular complexity index is 678. The van der Waals surface area contributed by atoms with E-state index in [0.29, 0.717) is 17.1 Å². The first kappa shape index (κ1) is 12.5. The lowest BCUT2D eigenvalue weighted by molar-refractivity contribution is 0.415. The predicted octanol–water partition coefficient (Wildman–Crippen LogP) is 0.138. The zero-order valence-electron chi connectivity index (χ0n) is 9.86. The fourth-order valence-electron chi connectivity index (χ4n) is 1.58. The summed E-state index contributed by atoms with van der Waals surface area (Å²) >= 11 is 0. The summed E-state index contributed by atoms with van der Waals surface area (Å²) in [6, 6.07) is 7.07. The lowest BCUT2D eigenvalue weighted by atomic mass is 10.2. The number of nitrogens with zero attached hydrogens (tertiary/aromatic N) is 3. The van der Waals surface area contributed by atoms with E-state index in [9.17, 15) is 8.42 Å². The number of ether oxygens (including phenoxy) is 1. The maximum atomic E-state index is 11.3. The van der Waals surface area contributed by atoms with Crippen LogP contribution in [-0.2, 0) is 17.1 Å². The molecule has 8 heteroatoms. The van der Waals surface area contributed by atoms with E-state index in [-0.39, 0.29) is 5.16 Å². The fourth-order valence-corrected chi connectivity index (χ4v) is 2.20. The number of nitrogens with two attached hydrogens (primary N) is 1. The molecule has 0 amide bonds. The van der Waals surface area contributed by atoms with Crippen LogP contribution in [0.15, 0.2) is 29.4 Å². The zero-order chi connectivity index (χ0) is 13.3. The van der Waals surface area contributed by atoms with E-state index in [1.54, 1.807) is 31.4 Å². The minimum Gasteiger partial charge on any atom is -0.497 e. The first-order valence-corrected chi connectivity index (χ1v) is 6.54. The number of primary sulfonamides is 1. The number of hydrogen-bond donors (Lipinski definition) is 1. The minimum atomic E-state index is -3.88. The van der Waals surface area contributed by atoms with Gasteiger partial charge in [0.05, 0.1) is 7.11 Å². The lowest BCUT2D eigenvalue weighted by Gasteiger charge is -2.04. The van der Waals surface area contributed by atoms with Crippen molar-refractivity contribution in [2.45, 2.75) is 5.16 Å². The van der Waals surface area contributed by atoms with E-state index in [2.05, 4.69) is 10.2 Å². The number of benzene rings is 1. The van der Waals surface area contributed by atoms with Gasteiger partial charge in [0.1, 0.15) is 5.75 Å². The second-order valence-corrected chi connectivity index (χ2v) is 5.10. The van der Waals surface area contributed by atoms with Crippen LogP contribution >= 0.6 is 0 Å². The van der Waals surface area contributed by atoms with Gasteiger partial charge >= 0.3 is 0 Å². The van der Waals surface area contributed by atoms with Crippen molar-refractivity contribution in [1.29, 1.82) is 0 Å². The molecule has 2 N–H and O–H groups in total. The van der Waals surface area contributed by atoms with Gasteiger partial charge in [-0.2, -0.15) is 0 Å². The maximum absolute atomic E-state index is 11.3. The van der Waals surface area contributed by atoms with E-state index in [1.165, 1.54) is 11.6 Å². The standard InChI is InChI=1S/C10H12N4O3S/c1-14-9(12-13-10(14)18(11,15)16)7-4-3-5-8(6-7)17-2/h3-6H,1-2H3,(H2,11,15,16). The van der Waals surface area contributed by atoms with Gasteiger partial charge in [-0.1, -0.05) is 12.1 Å². The van der Waals surface area contributed by atoms with Crippen molar-refractivity contribution < 1.29 is 13.2 Å². The van der Waals surface area contributed by atoms with Crippen molar-refractivity contribution >= 4 is 10.0 Å². The van der Waals surface area contributed by atoms with Crippen LogP contribution in [0.1, 0.15) is 0 Å². The molecule has 2 aromatic rings. The van der Waals surface area contributed by atoms with Crippen LogP contribution in [0, 0.1) is 0 Å². The largest absolute Gasteiger partial charge is 0.497 e. The predicted molar refractivity (Wildman–Crippen MR) is 64.4 cm³/mol. The van der Waals surface area contributed by atoms with Crippen molar-refractivity contribution in [3.63, 3.8) is 0 Å². The summed E-state index contributed by atoms with van der Waals surface area (Å²) < 4.78 is 28.9. The Morgan fingerprint density at radius 1 is 1.33 bits per heavy atom. The normalized spacial score (nSPS) is 11.5. The molecule has 0 aliphatic heterocycles. The van der Waals surface area contributed by atoms with Gasteiger partial charge in [0.2, 0.25) is 0 Å². The molecule has 0 radical (unpaired) electrons. The molecule has 0 atom stereocenters. The Kier molecular flexibility index (Phi) is 3.05. The molecule has 0 aliphatic rings. The van der Waals surface area contributed by atoms with Gasteiger partial charge in [-0.3, -0.25) is 4.57 Å². The van der Waals surface area contributed by atoms with Crippen LogP contribution in [0.25, 0.3) is 11.4 Å². The molecule has 96 valence electrons. The topological polar surface area (TPSA) is 100 Å². The van der Waals surface area contributed by atoms with Crippen molar-refractivity contribution in [1.82, 2.24) is 14.8 Å². The monoisotopic (exact) mass is 268 g/mol. The Morgan fingerprint density at radius 3 is 2.61 bits per heavy atom. The third-order valence-electron chi connectivity index (χ3n) is 2.42. The van der Waals surface area contributed by atoms with Gasteiger partial charge in [-0.15, -0.1) is 10.2 Å². The average Bonchev–Trinajstić information content (AvgIpc) is 2.71. The molecule has 0 saturated heterocycles. The lowest BCUT2D eigenvalue weighted by Crippen LogP contribution is -2.17. The summed E-state index contributed by atoms with van der Waals surface area (Å²) in [5.41, 5.74) is 0.694. The van der Waals surface area contributed by atoms with Crippen LogP contribution in [0.3, 0.4) is 0 Å². The molecule has 1 aromatic heterocycles. The smallest absolute Gasteiger partial charge is 0.273 e. The quantitative estimate of drug-likeness (QED) is 0.853. The van der Waals surface area contributed by atoms with E-state index in [1.807, 2.05) is 0 Å². The number of hydrogen-bond acceptors (Lipinski definition) is 5. The van der Waals surface area contributed by atoms with Crippen molar-refractivity contribution in [2.24, 2.45) is 12.2 Å². The van der Waals surface area contributed by atoms with Crippen molar-refractivity contribution in [2.75, 3.05) is 7.11 Å². The van der Waals surface area contributed by atoms with Crippen molar-refractivity contribution in [3.8, 4) is 17.1 Å². The van der Waals surface area contributed by atoms with Gasteiger partial charge < -0.3 is 4.74 Å². The molecule has 0 fully saturated rings. The summed E-state index contributed by atoms with van der Waals surface area (Å²) in [5, 5.41) is 12.2. The highest BCUT2D eigenvalue weighted by Gasteiger charge is 2.19. The molecule has 7 nitrogen and oxygen atoms in total. The van der Waals surface area contributed by atoms with E-state index in [0.717, 1.165) is 0 Å². The molecule has 0 spiro atoms. The number of aromatic nitrogens is 3. The highest BCUT2D eigenvalue weighted by atomic mass is 32.2. The van der Waals surface area contributed by atoms with Crippen LogP contribution < -0.4 is 9.88 Å². The zero-order valence-corrected chi connectivity index (χ0v) is 10.7. The number of methoxy groups -OCH3 is 1. The molecular weight excluding hydrogens is 256 g/mol. The highest BCUT2D eigenvalue weighted by Crippen LogP contribution is 2.22. The summed E-state index contributed by atoms with van der Waals surface area (Å²) in [7, 11) is -0.795. The van der Waals surface area contributed by atoms with Gasteiger partial charge in [0.15, 0.2) is 5.82 Å². The molecule has 1 heterocycles. The third-order valence-corrected chi connectivity index (χ3v) is 3.28. The summed E-state index contributed by atoms with van der Waals surface area (Å²) in [6.07, 6.45) is 0. The molecule has 0 bridgehead atoms. The SMILES string of the molecule is COc1cccc(-c2nnc(S(N)(=O)=O)n2C)c1. The summed E-state index contributed by atoms with van der Waals surface area (Å²) in [5.74, 6) is 1.05.